The van der Waals surface area contributed by atoms with Gasteiger partial charge in [-0.25, -0.2) is 9.59 Å². The summed E-state index contributed by atoms with van der Waals surface area (Å²) in [6.45, 7) is 10.1. The van der Waals surface area contributed by atoms with Gasteiger partial charge in [0.15, 0.2) is 18.9 Å². The minimum absolute atomic E-state index is 0.00182. The zero-order valence-corrected chi connectivity index (χ0v) is 16.6. The van der Waals surface area contributed by atoms with Crippen molar-refractivity contribution >= 4 is 17.7 Å². The van der Waals surface area contributed by atoms with E-state index in [1.165, 1.54) is 0 Å². The van der Waals surface area contributed by atoms with E-state index in [1.54, 1.807) is 0 Å². The monoisotopic (exact) mass is 370 g/mol. The van der Waals surface area contributed by atoms with Crippen LogP contribution in [0, 0.1) is 5.92 Å². The molecule has 0 aliphatic carbocycles. The fourth-order valence-corrected chi connectivity index (χ4v) is 4.67. The topological polar surface area (TPSA) is 69.7 Å². The molecular weight excluding hydrogens is 338 g/mol. The maximum atomic E-state index is 12.4. The van der Waals surface area contributed by atoms with E-state index in [9.17, 15) is 14.4 Å². The number of likely N-dealkylation sites (N-methyl/N-ethyl adjacent to an activating group) is 3. The second-order valence-electron chi connectivity index (χ2n) is 8.96. The van der Waals surface area contributed by atoms with Crippen molar-refractivity contribution in [2.75, 3.05) is 66.5 Å². The summed E-state index contributed by atoms with van der Waals surface area (Å²) in [6, 6.07) is -1.27. The van der Waals surface area contributed by atoms with Gasteiger partial charge >= 0.3 is 18.0 Å². The Labute approximate surface area is 155 Å². The number of nitrogens with zero attached hydrogens (tertiary/aromatic N) is 3. The Morgan fingerprint density at radius 1 is 1.04 bits per heavy atom. The Morgan fingerprint density at radius 3 is 2.19 bits per heavy atom. The lowest BCUT2D eigenvalue weighted by molar-refractivity contribution is -1.20. The van der Waals surface area contributed by atoms with Gasteiger partial charge in [0.1, 0.15) is 32.7 Å². The summed E-state index contributed by atoms with van der Waals surface area (Å²) in [6.07, 6.45) is 0. The van der Waals surface area contributed by atoms with Gasteiger partial charge in [-0.2, -0.15) is 8.97 Å². The third-order valence-corrected chi connectivity index (χ3v) is 6.67. The molecule has 0 aromatic heterocycles. The molecule has 26 heavy (non-hydrogen) atoms. The maximum Gasteiger partial charge on any atom is 0.568 e. The number of carbonyl (C=O) groups excluding carboxylic acids is 3. The Morgan fingerprint density at radius 2 is 1.62 bits per heavy atom. The molecule has 4 atom stereocenters. The number of esters is 2. The zero-order valence-electron chi connectivity index (χ0n) is 16.6. The minimum Gasteiger partial charge on any atom is -0.319 e. The molecule has 0 radical (unpaired) electrons. The second-order valence-corrected chi connectivity index (χ2v) is 8.96. The molecule has 3 rings (SSSR count). The summed E-state index contributed by atoms with van der Waals surface area (Å²) in [5, 5.41) is 0. The first-order valence-corrected chi connectivity index (χ1v) is 9.51. The maximum absolute atomic E-state index is 12.4. The zero-order chi connectivity index (χ0) is 19.4. The highest BCUT2D eigenvalue weighted by Crippen LogP contribution is 2.45. The summed E-state index contributed by atoms with van der Waals surface area (Å²) >= 11 is 0. The lowest BCUT2D eigenvalue weighted by Gasteiger charge is -2.49. The van der Waals surface area contributed by atoms with Crippen molar-refractivity contribution in [1.29, 1.82) is 0 Å². The van der Waals surface area contributed by atoms with Crippen molar-refractivity contribution in [2.24, 2.45) is 5.92 Å². The van der Waals surface area contributed by atoms with E-state index in [4.69, 9.17) is 9.47 Å². The SMILES string of the molecule is CC[N+]12CC[N@+](C)(CC(=O)C(C)C)CC[N@@+]3(C)CC(=O)O[C@]13OC(=O)C2. The molecule has 8 nitrogen and oxygen atoms in total. The van der Waals surface area contributed by atoms with Crippen molar-refractivity contribution in [2.45, 2.75) is 26.8 Å². The lowest BCUT2D eigenvalue weighted by atomic mass is 10.1. The van der Waals surface area contributed by atoms with Crippen LogP contribution in [0.3, 0.4) is 0 Å². The summed E-state index contributed by atoms with van der Waals surface area (Å²) in [5.74, 6) is -0.401. The average molecular weight is 370 g/mol. The molecule has 3 fully saturated rings. The summed E-state index contributed by atoms with van der Waals surface area (Å²) < 4.78 is 12.6. The molecule has 3 saturated heterocycles. The Hall–Kier alpha value is -1.51. The number of hydrogen-bond donors (Lipinski definition) is 0. The molecule has 146 valence electrons. The molecule has 0 N–H and O–H groups in total. The van der Waals surface area contributed by atoms with Gasteiger partial charge < -0.3 is 14.0 Å². The van der Waals surface area contributed by atoms with Gasteiger partial charge in [0.2, 0.25) is 0 Å². The van der Waals surface area contributed by atoms with Crippen LogP contribution in [0.1, 0.15) is 20.8 Å². The number of quaternary nitrogens is 3. The molecule has 0 aromatic carbocycles. The molecule has 0 amide bonds. The van der Waals surface area contributed by atoms with Crippen LogP contribution in [-0.4, -0.2) is 104 Å². The number of carbonyl (C=O) groups is 3. The fourth-order valence-electron chi connectivity index (χ4n) is 4.67. The molecule has 8 heteroatoms. The van der Waals surface area contributed by atoms with Gasteiger partial charge in [-0.05, 0) is 6.92 Å². The highest BCUT2D eigenvalue weighted by atomic mass is 16.8. The average Bonchev–Trinajstić information content (AvgIpc) is 2.97. The predicted molar refractivity (Wildman–Crippen MR) is 92.0 cm³/mol. The van der Waals surface area contributed by atoms with Crippen LogP contribution in [0.25, 0.3) is 0 Å². The first-order valence-electron chi connectivity index (χ1n) is 9.51. The van der Waals surface area contributed by atoms with Gasteiger partial charge in [0.05, 0.1) is 20.6 Å². The molecule has 1 spiro atoms. The van der Waals surface area contributed by atoms with E-state index >= 15 is 0 Å². The highest BCUT2D eigenvalue weighted by molar-refractivity contribution is 5.81. The molecule has 0 saturated carbocycles. The highest BCUT2D eigenvalue weighted by Gasteiger charge is 2.80. The summed E-state index contributed by atoms with van der Waals surface area (Å²) in [5.41, 5.74) is 0. The van der Waals surface area contributed by atoms with E-state index < -0.39 is 6.03 Å². The number of ether oxygens (including phenoxy) is 2. The third-order valence-electron chi connectivity index (χ3n) is 6.67. The van der Waals surface area contributed by atoms with Gasteiger partial charge in [-0.1, -0.05) is 13.8 Å². The van der Waals surface area contributed by atoms with E-state index in [1.807, 2.05) is 27.8 Å². The number of Topliss-reactive ketones (excluding diaryl/α,β-unsaturated/α-hetero) is 1. The van der Waals surface area contributed by atoms with Gasteiger partial charge in [-0.3, -0.25) is 4.79 Å². The first kappa shape index (κ1) is 19.3. The number of rotatable bonds is 4. The summed E-state index contributed by atoms with van der Waals surface area (Å²) in [7, 11) is 4.04. The van der Waals surface area contributed by atoms with Crippen molar-refractivity contribution in [3.63, 3.8) is 0 Å². The van der Waals surface area contributed by atoms with Crippen LogP contribution in [0.5, 0.6) is 0 Å². The van der Waals surface area contributed by atoms with Crippen LogP contribution >= 0.6 is 0 Å². The number of ketones is 1. The van der Waals surface area contributed by atoms with E-state index in [0.29, 0.717) is 30.7 Å². The molecule has 3 aliphatic heterocycles. The Balaban J connectivity index is 2.00. The van der Waals surface area contributed by atoms with Gasteiger partial charge in [0.25, 0.3) is 0 Å². The fraction of sp³-hybridized carbons (Fsp3) is 0.833. The minimum atomic E-state index is -1.27. The summed E-state index contributed by atoms with van der Waals surface area (Å²) in [4.78, 5) is 37.0. The van der Waals surface area contributed by atoms with Gasteiger partial charge in [0, 0.05) is 5.92 Å². The van der Waals surface area contributed by atoms with E-state index in [2.05, 4.69) is 7.05 Å². The van der Waals surface area contributed by atoms with Crippen LogP contribution in [-0.2, 0) is 23.9 Å². The van der Waals surface area contributed by atoms with Crippen LogP contribution in [0.2, 0.25) is 0 Å². The first-order chi connectivity index (χ1) is 12.0. The second kappa shape index (κ2) is 6.00. The van der Waals surface area contributed by atoms with Crippen molar-refractivity contribution in [3.05, 3.63) is 0 Å². The molecule has 1 unspecified atom stereocenters. The largest absolute Gasteiger partial charge is 0.568 e. The number of hydrogen-bond acceptors (Lipinski definition) is 5. The van der Waals surface area contributed by atoms with Gasteiger partial charge in [-0.15, -0.1) is 0 Å². The normalized spacial score (nSPS) is 42.5. The van der Waals surface area contributed by atoms with E-state index in [-0.39, 0.29) is 45.7 Å². The molecular formula is C18H32N3O5+3. The third kappa shape index (κ3) is 2.66. The van der Waals surface area contributed by atoms with E-state index in [0.717, 1.165) is 13.1 Å². The van der Waals surface area contributed by atoms with Crippen molar-refractivity contribution in [3.8, 4) is 0 Å². The van der Waals surface area contributed by atoms with Crippen LogP contribution in [0.15, 0.2) is 0 Å². The van der Waals surface area contributed by atoms with Crippen LogP contribution in [0.4, 0.5) is 0 Å². The predicted octanol–water partition coefficient (Wildman–Crippen LogP) is -0.320. The molecule has 3 heterocycles. The smallest absolute Gasteiger partial charge is 0.319 e. The van der Waals surface area contributed by atoms with Crippen LogP contribution < -0.4 is 0 Å². The Kier molecular flexibility index (Phi) is 4.45. The lowest BCUT2D eigenvalue weighted by Crippen LogP contribution is -2.78. The van der Waals surface area contributed by atoms with Crippen molar-refractivity contribution in [1.82, 2.24) is 0 Å². The standard InChI is InChI=1S/C18H32N3O5/c1-6-21-10-8-19(4,11-15(22)14(2)3)7-9-20(5)12-16(23)25-18(20,21)26-17(24)13-21/h14H,6-13H2,1-5H3/q+3/t18-,19-,20+,21?/m1/s1. The molecule has 0 aromatic rings. The molecule has 0 bridgehead atoms. The van der Waals surface area contributed by atoms with Crippen molar-refractivity contribution < 1.29 is 37.3 Å². The molecule has 3 aliphatic rings. The Bertz CT molecular complexity index is 649. The quantitative estimate of drug-likeness (QED) is 0.501.